The first-order chi connectivity index (χ1) is 19.6. The molecule has 1 aromatic heterocycles. The molecule has 1 aliphatic carbocycles. The van der Waals surface area contributed by atoms with Crippen LogP contribution >= 0.6 is 0 Å². The van der Waals surface area contributed by atoms with E-state index in [1.165, 1.54) is 24.3 Å². The second-order valence-corrected chi connectivity index (χ2v) is 11.1. The quantitative estimate of drug-likeness (QED) is 0.0861. The number of aromatic nitrogens is 1. The number of hydrogen-bond donors (Lipinski definition) is 4. The van der Waals surface area contributed by atoms with Crippen LogP contribution in [0.2, 0.25) is 0 Å². The molecule has 2 aliphatic rings. The Morgan fingerprint density at radius 3 is 2.46 bits per heavy atom. The number of halogens is 4. The smallest absolute Gasteiger partial charge is 0.397 e. The summed E-state index contributed by atoms with van der Waals surface area (Å²) in [6, 6.07) is 9.58. The molecule has 0 unspecified atom stereocenters. The zero-order valence-electron chi connectivity index (χ0n) is 22.8. The number of hydrazine groups is 1. The zero-order chi connectivity index (χ0) is 29.1. The second kappa shape index (κ2) is 12.2. The number of nitrogens with two attached hydrogens (primary N) is 2. The van der Waals surface area contributed by atoms with Gasteiger partial charge in [-0.25, -0.2) is 10.2 Å². The van der Waals surface area contributed by atoms with Crippen molar-refractivity contribution >= 4 is 22.4 Å². The number of alkyl halides is 3. The van der Waals surface area contributed by atoms with Crippen molar-refractivity contribution in [3.8, 4) is 0 Å². The number of hydrogen-bond acceptors (Lipinski definition) is 6. The molecule has 1 saturated heterocycles. The van der Waals surface area contributed by atoms with Gasteiger partial charge in [0.2, 0.25) is 0 Å². The standard InChI is InChI=1S/C30H36F4N6O/c31-23-7-8-26-24(15-23)27(28(38-26)29(41)21-3-4-21)25(35)18-40(36)17-20-9-12-39(13-10-20)14-11-37-16-19-1-5-22(6-2-19)30(32,33)34/h1-2,5-8,15,18,20-21,37-38H,3-4,9-14,16-17,35-36H2/b25-18-. The number of nitrogens with zero attached hydrogens (tertiary/aromatic N) is 2. The minimum atomic E-state index is -4.32. The summed E-state index contributed by atoms with van der Waals surface area (Å²) in [5.74, 6) is 6.28. The molecule has 2 aromatic carbocycles. The lowest BCUT2D eigenvalue weighted by atomic mass is 9.96. The molecule has 11 heteroatoms. The van der Waals surface area contributed by atoms with Crippen LogP contribution in [0.5, 0.6) is 0 Å². The van der Waals surface area contributed by atoms with Crippen LogP contribution in [-0.2, 0) is 12.7 Å². The average molecular weight is 573 g/mol. The Morgan fingerprint density at radius 2 is 1.80 bits per heavy atom. The molecule has 0 spiro atoms. The Bertz CT molecular complexity index is 1390. The summed E-state index contributed by atoms with van der Waals surface area (Å²) < 4.78 is 52.2. The van der Waals surface area contributed by atoms with Crippen LogP contribution in [0.1, 0.15) is 52.9 Å². The molecular formula is C30H36F4N6O. The highest BCUT2D eigenvalue weighted by molar-refractivity contribution is 6.08. The van der Waals surface area contributed by atoms with Crippen LogP contribution < -0.4 is 16.9 Å². The van der Waals surface area contributed by atoms with Gasteiger partial charge in [-0.3, -0.25) is 4.79 Å². The monoisotopic (exact) mass is 572 g/mol. The first-order valence-electron chi connectivity index (χ1n) is 14.0. The van der Waals surface area contributed by atoms with E-state index in [0.717, 1.165) is 69.6 Å². The molecular weight excluding hydrogens is 536 g/mol. The maximum Gasteiger partial charge on any atom is 0.416 e. The Hall–Kier alpha value is -3.41. The van der Waals surface area contributed by atoms with Crippen molar-refractivity contribution in [2.75, 3.05) is 32.7 Å². The van der Waals surface area contributed by atoms with Crippen molar-refractivity contribution in [1.82, 2.24) is 20.2 Å². The maximum absolute atomic E-state index is 14.1. The van der Waals surface area contributed by atoms with Crippen molar-refractivity contribution in [3.63, 3.8) is 0 Å². The summed E-state index contributed by atoms with van der Waals surface area (Å²) in [4.78, 5) is 18.4. The van der Waals surface area contributed by atoms with E-state index in [9.17, 15) is 22.4 Å². The number of benzene rings is 2. The number of fused-ring (bicyclic) bond motifs is 1. The van der Waals surface area contributed by atoms with Crippen LogP contribution in [0.25, 0.3) is 16.6 Å². The number of piperidine rings is 1. The lowest BCUT2D eigenvalue weighted by molar-refractivity contribution is -0.137. The molecule has 0 bridgehead atoms. The van der Waals surface area contributed by atoms with Gasteiger partial charge < -0.3 is 25.9 Å². The first-order valence-corrected chi connectivity index (χ1v) is 14.0. The van der Waals surface area contributed by atoms with Gasteiger partial charge in [-0.05, 0) is 80.6 Å². The van der Waals surface area contributed by atoms with Gasteiger partial charge in [0, 0.05) is 54.8 Å². The van der Waals surface area contributed by atoms with Gasteiger partial charge in [-0.15, -0.1) is 0 Å². The maximum atomic E-state index is 14.1. The fourth-order valence-corrected chi connectivity index (χ4v) is 5.47. The van der Waals surface area contributed by atoms with E-state index in [-0.39, 0.29) is 11.7 Å². The molecule has 0 radical (unpaired) electrons. The number of H-pyrrole nitrogens is 1. The Balaban J connectivity index is 1.10. The van der Waals surface area contributed by atoms with Crippen LogP contribution in [0.15, 0.2) is 48.7 Å². The summed E-state index contributed by atoms with van der Waals surface area (Å²) in [6.07, 6.45) is 0.938. The molecule has 0 amide bonds. The molecule has 6 N–H and O–H groups in total. The zero-order valence-corrected chi connectivity index (χ0v) is 22.8. The van der Waals surface area contributed by atoms with E-state index in [0.29, 0.717) is 46.9 Å². The van der Waals surface area contributed by atoms with Crippen molar-refractivity contribution in [2.24, 2.45) is 23.4 Å². The van der Waals surface area contributed by atoms with Gasteiger partial charge in [0.05, 0.1) is 17.0 Å². The van der Waals surface area contributed by atoms with Crippen molar-refractivity contribution in [3.05, 3.63) is 76.9 Å². The Labute approximate surface area is 236 Å². The molecule has 2 heterocycles. The van der Waals surface area contributed by atoms with Gasteiger partial charge in [0.1, 0.15) is 5.82 Å². The normalized spacial score (nSPS) is 17.3. The molecule has 1 aliphatic heterocycles. The highest BCUT2D eigenvalue weighted by Gasteiger charge is 2.34. The molecule has 220 valence electrons. The molecule has 2 fully saturated rings. The summed E-state index contributed by atoms with van der Waals surface area (Å²) in [5, 5.41) is 5.43. The third kappa shape index (κ3) is 7.27. The molecule has 0 atom stereocenters. The second-order valence-electron chi connectivity index (χ2n) is 11.1. The average Bonchev–Trinajstić information content (AvgIpc) is 3.71. The van der Waals surface area contributed by atoms with E-state index >= 15 is 0 Å². The highest BCUT2D eigenvalue weighted by atomic mass is 19.4. The topological polar surface area (TPSA) is 103 Å². The summed E-state index contributed by atoms with van der Waals surface area (Å²) in [5.41, 5.74) is 8.53. The highest BCUT2D eigenvalue weighted by Crippen LogP contribution is 2.36. The predicted molar refractivity (Wildman–Crippen MR) is 151 cm³/mol. The lowest BCUT2D eigenvalue weighted by Crippen LogP contribution is -2.41. The number of carbonyl (C=O) groups excluding carboxylic acids is 1. The van der Waals surface area contributed by atoms with E-state index in [2.05, 4.69) is 15.2 Å². The molecule has 7 nitrogen and oxygen atoms in total. The van der Waals surface area contributed by atoms with Crippen LogP contribution in [0, 0.1) is 17.7 Å². The van der Waals surface area contributed by atoms with E-state index in [1.54, 1.807) is 17.3 Å². The summed E-state index contributed by atoms with van der Waals surface area (Å²) in [6.45, 7) is 4.54. The SMILES string of the molecule is N/C(=C\N(N)CC1CCN(CCNCc2ccc(C(F)(F)F)cc2)CC1)c1c(C(=O)C2CC2)[nH]c2ccc(F)cc12. The number of rotatable bonds is 11. The summed E-state index contributed by atoms with van der Waals surface area (Å²) in [7, 11) is 0. The minimum Gasteiger partial charge on any atom is -0.397 e. The van der Waals surface area contributed by atoms with Crippen molar-refractivity contribution < 1.29 is 22.4 Å². The number of nitrogens with one attached hydrogen (secondary N) is 2. The lowest BCUT2D eigenvalue weighted by Gasteiger charge is -2.33. The summed E-state index contributed by atoms with van der Waals surface area (Å²) >= 11 is 0. The predicted octanol–water partition coefficient (Wildman–Crippen LogP) is 4.85. The first kappa shape index (κ1) is 29.1. The van der Waals surface area contributed by atoms with E-state index in [4.69, 9.17) is 11.6 Å². The third-order valence-electron chi connectivity index (χ3n) is 7.94. The van der Waals surface area contributed by atoms with Gasteiger partial charge in [-0.2, -0.15) is 13.2 Å². The number of Topliss-reactive ketones (excluding diaryl/α,β-unsaturated/α-hetero) is 1. The van der Waals surface area contributed by atoms with Crippen molar-refractivity contribution in [2.45, 2.75) is 38.4 Å². The fourth-order valence-electron chi connectivity index (χ4n) is 5.47. The number of likely N-dealkylation sites (tertiary alicyclic amines) is 1. The van der Waals surface area contributed by atoms with E-state index < -0.39 is 17.6 Å². The minimum absolute atomic E-state index is 0.00208. The third-order valence-corrected chi connectivity index (χ3v) is 7.94. The molecule has 41 heavy (non-hydrogen) atoms. The Kier molecular flexibility index (Phi) is 8.67. The van der Waals surface area contributed by atoms with Gasteiger partial charge in [0.25, 0.3) is 0 Å². The van der Waals surface area contributed by atoms with Crippen LogP contribution in [0.4, 0.5) is 17.6 Å². The number of aromatic amines is 1. The van der Waals surface area contributed by atoms with Crippen LogP contribution in [0.3, 0.4) is 0 Å². The molecule has 5 rings (SSSR count). The molecule has 1 saturated carbocycles. The van der Waals surface area contributed by atoms with Gasteiger partial charge in [-0.1, -0.05) is 12.1 Å². The van der Waals surface area contributed by atoms with Gasteiger partial charge >= 0.3 is 6.18 Å². The van der Waals surface area contributed by atoms with Crippen LogP contribution in [-0.4, -0.2) is 53.4 Å². The van der Waals surface area contributed by atoms with E-state index in [1.807, 2.05) is 0 Å². The number of carbonyl (C=O) groups is 1. The number of ketones is 1. The van der Waals surface area contributed by atoms with Crippen molar-refractivity contribution in [1.29, 1.82) is 0 Å². The molecule has 3 aromatic rings. The van der Waals surface area contributed by atoms with Gasteiger partial charge in [0.15, 0.2) is 5.78 Å². The largest absolute Gasteiger partial charge is 0.416 e. The Morgan fingerprint density at radius 1 is 1.10 bits per heavy atom. The fraction of sp³-hybridized carbons (Fsp3) is 0.433.